The molecule has 0 radical (unpaired) electrons. The number of ether oxygens (including phenoxy) is 2. The Morgan fingerprint density at radius 3 is 3.00 bits per heavy atom. The molecule has 0 aromatic carbocycles. The molecule has 0 aliphatic heterocycles. The van der Waals surface area contributed by atoms with Gasteiger partial charge in [-0.15, -0.1) is 0 Å². The maximum Gasteiger partial charge on any atom is 0.319 e. The van der Waals surface area contributed by atoms with Crippen molar-refractivity contribution < 1.29 is 9.47 Å². The molecule has 1 fully saturated rings. The topological polar surface area (TPSA) is 70.3 Å². The molecule has 0 amide bonds. The van der Waals surface area contributed by atoms with E-state index in [1.54, 1.807) is 19.4 Å². The predicted molar refractivity (Wildman–Crippen MR) is 64.0 cm³/mol. The van der Waals surface area contributed by atoms with Gasteiger partial charge in [-0.2, -0.15) is 4.98 Å². The molecule has 5 nitrogen and oxygen atoms in total. The second kappa shape index (κ2) is 5.82. The van der Waals surface area contributed by atoms with Gasteiger partial charge in [-0.1, -0.05) is 6.42 Å². The van der Waals surface area contributed by atoms with Crippen LogP contribution in [-0.2, 0) is 0 Å². The maximum absolute atomic E-state index is 5.82. The Kier molecular flexibility index (Phi) is 4.14. The van der Waals surface area contributed by atoms with Crippen molar-refractivity contribution in [3.63, 3.8) is 0 Å². The summed E-state index contributed by atoms with van der Waals surface area (Å²) in [7, 11) is 1.58. The molecule has 1 aromatic rings. The van der Waals surface area contributed by atoms with E-state index in [9.17, 15) is 0 Å². The molecule has 5 heteroatoms. The Labute approximate surface area is 101 Å². The number of nitrogens with two attached hydrogens (primary N) is 1. The fourth-order valence-corrected chi connectivity index (χ4v) is 2.23. The molecule has 94 valence electrons. The summed E-state index contributed by atoms with van der Waals surface area (Å²) in [5.41, 5.74) is 5.76. The molecule has 2 rings (SSSR count). The smallest absolute Gasteiger partial charge is 0.319 e. The number of hydrogen-bond acceptors (Lipinski definition) is 5. The Morgan fingerprint density at radius 2 is 2.24 bits per heavy atom. The van der Waals surface area contributed by atoms with Crippen LogP contribution < -0.4 is 15.2 Å². The third-order valence-corrected chi connectivity index (χ3v) is 3.22. The van der Waals surface area contributed by atoms with Crippen LogP contribution >= 0.6 is 0 Å². The first kappa shape index (κ1) is 12.1. The van der Waals surface area contributed by atoms with Gasteiger partial charge in [0.05, 0.1) is 7.11 Å². The summed E-state index contributed by atoms with van der Waals surface area (Å²) in [5.74, 6) is 0.939. The van der Waals surface area contributed by atoms with Gasteiger partial charge < -0.3 is 15.2 Å². The fraction of sp³-hybridized carbons (Fsp3) is 0.667. The monoisotopic (exact) mass is 237 g/mol. The summed E-state index contributed by atoms with van der Waals surface area (Å²) >= 11 is 0. The molecule has 2 unspecified atom stereocenters. The van der Waals surface area contributed by atoms with Crippen molar-refractivity contribution in [1.82, 2.24) is 9.97 Å². The van der Waals surface area contributed by atoms with Crippen molar-refractivity contribution in [1.29, 1.82) is 0 Å². The highest BCUT2D eigenvalue weighted by Crippen LogP contribution is 2.26. The van der Waals surface area contributed by atoms with Gasteiger partial charge in [-0.05, 0) is 25.8 Å². The molecular weight excluding hydrogens is 218 g/mol. The average molecular weight is 237 g/mol. The molecule has 2 N–H and O–H groups in total. The minimum atomic E-state index is 0.140. The van der Waals surface area contributed by atoms with E-state index in [4.69, 9.17) is 15.2 Å². The highest BCUT2D eigenvalue weighted by atomic mass is 16.5. The summed E-state index contributed by atoms with van der Waals surface area (Å²) in [6.45, 7) is 0.661. The molecule has 1 aliphatic carbocycles. The van der Waals surface area contributed by atoms with Crippen LogP contribution in [0.2, 0.25) is 0 Å². The van der Waals surface area contributed by atoms with E-state index in [2.05, 4.69) is 9.97 Å². The lowest BCUT2D eigenvalue weighted by Gasteiger charge is -2.30. The SMILES string of the molecule is COc1ccnc(OC2CCCCC2CN)n1. The number of rotatable bonds is 4. The van der Waals surface area contributed by atoms with Gasteiger partial charge in [-0.3, -0.25) is 0 Å². The van der Waals surface area contributed by atoms with Crippen LogP contribution in [0.25, 0.3) is 0 Å². The highest BCUT2D eigenvalue weighted by Gasteiger charge is 2.26. The number of aromatic nitrogens is 2. The van der Waals surface area contributed by atoms with Crippen LogP contribution in [0.4, 0.5) is 0 Å². The molecule has 0 spiro atoms. The standard InChI is InChI=1S/C12H19N3O2/c1-16-11-6-7-14-12(15-11)17-10-5-3-2-4-9(10)8-13/h6-7,9-10H,2-5,8,13H2,1H3. The first-order valence-corrected chi connectivity index (χ1v) is 6.07. The molecule has 1 heterocycles. The first-order chi connectivity index (χ1) is 8.33. The zero-order valence-electron chi connectivity index (χ0n) is 10.1. The van der Waals surface area contributed by atoms with Crippen molar-refractivity contribution in [2.45, 2.75) is 31.8 Å². The van der Waals surface area contributed by atoms with Gasteiger partial charge in [0.1, 0.15) is 6.10 Å². The third kappa shape index (κ3) is 3.06. The minimum absolute atomic E-state index is 0.140. The van der Waals surface area contributed by atoms with E-state index >= 15 is 0 Å². The zero-order chi connectivity index (χ0) is 12.1. The Morgan fingerprint density at radius 1 is 1.41 bits per heavy atom. The van der Waals surface area contributed by atoms with Crippen LogP contribution in [0.3, 0.4) is 0 Å². The summed E-state index contributed by atoms with van der Waals surface area (Å²) < 4.78 is 10.9. The van der Waals surface area contributed by atoms with E-state index in [0.29, 0.717) is 24.4 Å². The molecule has 0 bridgehead atoms. The largest absolute Gasteiger partial charge is 0.481 e. The van der Waals surface area contributed by atoms with Gasteiger partial charge in [-0.25, -0.2) is 4.98 Å². The van der Waals surface area contributed by atoms with Crippen molar-refractivity contribution in [3.8, 4) is 11.9 Å². The van der Waals surface area contributed by atoms with Crippen LogP contribution in [-0.4, -0.2) is 29.7 Å². The average Bonchev–Trinajstić information content (AvgIpc) is 2.39. The minimum Gasteiger partial charge on any atom is -0.481 e. The highest BCUT2D eigenvalue weighted by molar-refractivity contribution is 5.11. The van der Waals surface area contributed by atoms with Crippen LogP contribution in [0.1, 0.15) is 25.7 Å². The molecule has 1 aliphatic rings. The second-order valence-corrected chi connectivity index (χ2v) is 4.32. The van der Waals surface area contributed by atoms with Gasteiger partial charge in [0.25, 0.3) is 0 Å². The quantitative estimate of drug-likeness (QED) is 0.856. The summed E-state index contributed by atoms with van der Waals surface area (Å²) in [5, 5.41) is 0. The van der Waals surface area contributed by atoms with Gasteiger partial charge >= 0.3 is 6.01 Å². The normalized spacial score (nSPS) is 24.4. The predicted octanol–water partition coefficient (Wildman–Crippen LogP) is 1.38. The van der Waals surface area contributed by atoms with Gasteiger partial charge in [0, 0.05) is 18.2 Å². The summed E-state index contributed by atoms with van der Waals surface area (Å²) in [4.78, 5) is 8.25. The number of nitrogens with zero attached hydrogens (tertiary/aromatic N) is 2. The lowest BCUT2D eigenvalue weighted by molar-refractivity contribution is 0.0864. The number of methoxy groups -OCH3 is 1. The van der Waals surface area contributed by atoms with Crippen LogP contribution in [0.5, 0.6) is 11.9 Å². The van der Waals surface area contributed by atoms with Gasteiger partial charge in [0.15, 0.2) is 0 Å². The van der Waals surface area contributed by atoms with Crippen LogP contribution in [0.15, 0.2) is 12.3 Å². The third-order valence-electron chi connectivity index (χ3n) is 3.22. The first-order valence-electron chi connectivity index (χ1n) is 6.07. The Hall–Kier alpha value is -1.36. The van der Waals surface area contributed by atoms with E-state index in [1.807, 2.05) is 0 Å². The molecule has 1 aromatic heterocycles. The molecule has 2 atom stereocenters. The summed E-state index contributed by atoms with van der Waals surface area (Å²) in [6.07, 6.45) is 6.36. The van der Waals surface area contributed by atoms with E-state index < -0.39 is 0 Å². The Bertz CT molecular complexity index is 359. The lowest BCUT2D eigenvalue weighted by Crippen LogP contribution is -2.35. The maximum atomic E-state index is 5.82. The van der Waals surface area contributed by atoms with Crippen molar-refractivity contribution in [2.24, 2.45) is 11.7 Å². The second-order valence-electron chi connectivity index (χ2n) is 4.32. The van der Waals surface area contributed by atoms with Crippen LogP contribution in [0, 0.1) is 5.92 Å². The molecule has 17 heavy (non-hydrogen) atoms. The molecule has 0 saturated heterocycles. The van der Waals surface area contributed by atoms with E-state index in [-0.39, 0.29) is 6.10 Å². The fourth-order valence-electron chi connectivity index (χ4n) is 2.23. The van der Waals surface area contributed by atoms with Crippen molar-refractivity contribution in [3.05, 3.63) is 12.3 Å². The summed E-state index contributed by atoms with van der Waals surface area (Å²) in [6, 6.07) is 2.09. The van der Waals surface area contributed by atoms with Crippen molar-refractivity contribution in [2.75, 3.05) is 13.7 Å². The van der Waals surface area contributed by atoms with Gasteiger partial charge in [0.2, 0.25) is 5.88 Å². The number of hydrogen-bond donors (Lipinski definition) is 1. The van der Waals surface area contributed by atoms with Crippen molar-refractivity contribution >= 4 is 0 Å². The molecular formula is C12H19N3O2. The Balaban J connectivity index is 2.02. The lowest BCUT2D eigenvalue weighted by atomic mass is 9.86. The zero-order valence-corrected chi connectivity index (χ0v) is 10.1. The molecule has 1 saturated carbocycles. The van der Waals surface area contributed by atoms with E-state index in [1.165, 1.54) is 12.8 Å². The van der Waals surface area contributed by atoms with E-state index in [0.717, 1.165) is 12.8 Å².